The number of allylic oxidation sites excluding steroid dienone is 1. The minimum absolute atomic E-state index is 0.0523. The van der Waals surface area contributed by atoms with Gasteiger partial charge in [-0.3, -0.25) is 13.8 Å². The maximum absolute atomic E-state index is 12.9. The van der Waals surface area contributed by atoms with E-state index in [2.05, 4.69) is 43.7 Å². The van der Waals surface area contributed by atoms with Crippen molar-refractivity contribution in [1.82, 2.24) is 33.9 Å². The Morgan fingerprint density at radius 1 is 0.939 bits per heavy atom. The Bertz CT molecular complexity index is 1500. The van der Waals surface area contributed by atoms with E-state index >= 15 is 0 Å². The van der Waals surface area contributed by atoms with Crippen LogP contribution in [0.4, 0.5) is 0 Å². The van der Waals surface area contributed by atoms with E-state index in [1.54, 1.807) is 16.3 Å². The molecule has 166 valence electrons. The molecule has 0 amide bonds. The Balaban J connectivity index is 1.50. The summed E-state index contributed by atoms with van der Waals surface area (Å²) in [6, 6.07) is 17.8. The minimum atomic E-state index is -0.0523. The molecule has 8 nitrogen and oxygen atoms in total. The summed E-state index contributed by atoms with van der Waals surface area (Å²) in [5.41, 5.74) is 1.93. The molecule has 0 spiro atoms. The molecule has 5 aromatic rings. The molecule has 0 bridgehead atoms. The van der Waals surface area contributed by atoms with Gasteiger partial charge in [-0.2, -0.15) is 0 Å². The maximum Gasteiger partial charge on any atom is 0.262 e. The Hall–Kier alpha value is -3.72. The van der Waals surface area contributed by atoms with Gasteiger partial charge in [-0.1, -0.05) is 60.3 Å². The van der Waals surface area contributed by atoms with Gasteiger partial charge in [-0.25, -0.2) is 0 Å². The molecular formula is C24H23N7OS. The third-order valence-corrected chi connectivity index (χ3v) is 6.49. The van der Waals surface area contributed by atoms with Crippen molar-refractivity contribution in [2.75, 3.05) is 0 Å². The van der Waals surface area contributed by atoms with Gasteiger partial charge in [-0.15, -0.1) is 27.0 Å². The van der Waals surface area contributed by atoms with Crippen molar-refractivity contribution in [1.29, 1.82) is 0 Å². The number of thioether (sulfide) groups is 1. The fourth-order valence-electron chi connectivity index (χ4n) is 3.97. The standard InChI is InChI=1S/C24H23N7OS/c1-3-14-30-20(15-17-10-6-5-7-11-17)25-28-24(30)33-16-21-26-27-23-29(4-2)22(32)18-12-8-9-13-19(18)31(21)23/h3,5-13H,1,4,14-16H2,2H3. The minimum Gasteiger partial charge on any atom is -0.302 e. The van der Waals surface area contributed by atoms with Gasteiger partial charge < -0.3 is 4.57 Å². The highest BCUT2D eigenvalue weighted by atomic mass is 32.2. The first kappa shape index (κ1) is 21.1. The fourth-order valence-corrected chi connectivity index (χ4v) is 4.85. The van der Waals surface area contributed by atoms with Crippen LogP contribution in [-0.2, 0) is 25.3 Å². The van der Waals surface area contributed by atoms with E-state index < -0.39 is 0 Å². The number of rotatable bonds is 8. The van der Waals surface area contributed by atoms with Crippen LogP contribution < -0.4 is 5.56 Å². The SMILES string of the molecule is C=CCn1c(Cc2ccccc2)nnc1SCc1nnc2n(CC)c(=O)c3ccccc3n12. The van der Waals surface area contributed by atoms with Crippen LogP contribution in [0.15, 0.2) is 77.2 Å². The van der Waals surface area contributed by atoms with Gasteiger partial charge in [0.2, 0.25) is 5.78 Å². The Kier molecular flexibility index (Phi) is 5.78. The van der Waals surface area contributed by atoms with Gasteiger partial charge in [0.15, 0.2) is 5.16 Å². The van der Waals surface area contributed by atoms with E-state index in [9.17, 15) is 4.79 Å². The monoisotopic (exact) mass is 457 g/mol. The van der Waals surface area contributed by atoms with Crippen molar-refractivity contribution in [3.8, 4) is 0 Å². The van der Waals surface area contributed by atoms with E-state index in [0.29, 0.717) is 36.4 Å². The lowest BCUT2D eigenvalue weighted by molar-refractivity contribution is 0.690. The molecule has 33 heavy (non-hydrogen) atoms. The molecular weight excluding hydrogens is 434 g/mol. The van der Waals surface area contributed by atoms with Crippen molar-refractivity contribution in [3.63, 3.8) is 0 Å². The number of fused-ring (bicyclic) bond motifs is 3. The summed E-state index contributed by atoms with van der Waals surface area (Å²) in [5, 5.41) is 19.1. The first-order valence-corrected chi connectivity index (χ1v) is 11.7. The molecule has 0 fully saturated rings. The molecule has 9 heteroatoms. The number of nitrogens with zero attached hydrogens (tertiary/aromatic N) is 7. The second-order valence-corrected chi connectivity index (χ2v) is 8.51. The van der Waals surface area contributed by atoms with E-state index in [1.165, 1.54) is 5.56 Å². The van der Waals surface area contributed by atoms with E-state index in [-0.39, 0.29) is 5.56 Å². The molecule has 0 atom stereocenters. The number of aryl methyl sites for hydroxylation is 1. The Labute approximate surface area is 194 Å². The zero-order valence-corrected chi connectivity index (χ0v) is 19.1. The van der Waals surface area contributed by atoms with Crippen LogP contribution in [0.25, 0.3) is 16.7 Å². The molecule has 0 radical (unpaired) electrons. The van der Waals surface area contributed by atoms with Crippen LogP contribution in [0.5, 0.6) is 0 Å². The van der Waals surface area contributed by atoms with Crippen molar-refractivity contribution in [2.45, 2.75) is 37.3 Å². The van der Waals surface area contributed by atoms with Crippen LogP contribution in [0, 0.1) is 0 Å². The summed E-state index contributed by atoms with van der Waals surface area (Å²) in [7, 11) is 0. The quantitative estimate of drug-likeness (QED) is 0.261. The summed E-state index contributed by atoms with van der Waals surface area (Å²) >= 11 is 1.55. The second kappa shape index (κ2) is 9.03. The van der Waals surface area contributed by atoms with E-state index in [4.69, 9.17) is 0 Å². The number of benzene rings is 2. The molecule has 0 aliphatic carbocycles. The number of para-hydroxylation sites is 1. The lowest BCUT2D eigenvalue weighted by atomic mass is 10.1. The van der Waals surface area contributed by atoms with Crippen molar-refractivity contribution >= 4 is 28.4 Å². The third kappa shape index (κ3) is 3.84. The van der Waals surface area contributed by atoms with Gasteiger partial charge in [0.25, 0.3) is 5.56 Å². The molecule has 3 heterocycles. The molecule has 0 N–H and O–H groups in total. The second-order valence-electron chi connectivity index (χ2n) is 7.57. The van der Waals surface area contributed by atoms with Gasteiger partial charge in [0, 0.05) is 19.5 Å². The predicted molar refractivity (Wildman–Crippen MR) is 129 cm³/mol. The molecule has 0 saturated heterocycles. The lowest BCUT2D eigenvalue weighted by Gasteiger charge is -2.10. The van der Waals surface area contributed by atoms with Crippen LogP contribution in [-0.4, -0.2) is 33.9 Å². The van der Waals surface area contributed by atoms with Gasteiger partial charge in [0.1, 0.15) is 11.6 Å². The van der Waals surface area contributed by atoms with Crippen molar-refractivity contribution in [2.24, 2.45) is 0 Å². The Morgan fingerprint density at radius 2 is 1.70 bits per heavy atom. The van der Waals surface area contributed by atoms with Gasteiger partial charge >= 0.3 is 0 Å². The summed E-state index contributed by atoms with van der Waals surface area (Å²) in [6.45, 7) is 6.97. The summed E-state index contributed by atoms with van der Waals surface area (Å²) < 4.78 is 5.70. The summed E-state index contributed by atoms with van der Waals surface area (Å²) in [5.74, 6) is 2.73. The van der Waals surface area contributed by atoms with Crippen LogP contribution in [0.1, 0.15) is 24.1 Å². The fraction of sp³-hybridized carbons (Fsp3) is 0.208. The van der Waals surface area contributed by atoms with E-state index in [0.717, 1.165) is 22.3 Å². The number of aromatic nitrogens is 7. The predicted octanol–water partition coefficient (Wildman–Crippen LogP) is 3.72. The number of hydrogen-bond acceptors (Lipinski definition) is 6. The summed E-state index contributed by atoms with van der Waals surface area (Å²) in [6.07, 6.45) is 2.55. The maximum atomic E-state index is 12.9. The Morgan fingerprint density at radius 3 is 2.48 bits per heavy atom. The molecule has 0 unspecified atom stereocenters. The molecule has 2 aromatic carbocycles. The lowest BCUT2D eigenvalue weighted by Crippen LogP contribution is -2.22. The average molecular weight is 458 g/mol. The first-order valence-electron chi connectivity index (χ1n) is 10.8. The molecule has 5 rings (SSSR count). The topological polar surface area (TPSA) is 82.9 Å². The van der Waals surface area contributed by atoms with Crippen LogP contribution in [0.2, 0.25) is 0 Å². The van der Waals surface area contributed by atoms with Gasteiger partial charge in [0.05, 0.1) is 16.7 Å². The third-order valence-electron chi connectivity index (χ3n) is 5.53. The highest BCUT2D eigenvalue weighted by Gasteiger charge is 2.18. The smallest absolute Gasteiger partial charge is 0.262 e. The number of hydrogen-bond donors (Lipinski definition) is 0. The first-order chi connectivity index (χ1) is 16.2. The van der Waals surface area contributed by atoms with Crippen molar-refractivity contribution in [3.05, 3.63) is 94.8 Å². The molecule has 3 aromatic heterocycles. The van der Waals surface area contributed by atoms with E-state index in [1.807, 2.05) is 59.9 Å². The average Bonchev–Trinajstić information content (AvgIpc) is 3.43. The molecule has 0 aliphatic heterocycles. The molecule has 0 saturated carbocycles. The van der Waals surface area contributed by atoms with Crippen LogP contribution >= 0.6 is 11.8 Å². The summed E-state index contributed by atoms with van der Waals surface area (Å²) in [4.78, 5) is 12.9. The highest BCUT2D eigenvalue weighted by molar-refractivity contribution is 7.98. The normalized spacial score (nSPS) is 11.4. The molecule has 0 aliphatic rings. The van der Waals surface area contributed by atoms with Crippen LogP contribution in [0.3, 0.4) is 0 Å². The largest absolute Gasteiger partial charge is 0.302 e. The zero-order chi connectivity index (χ0) is 22.8. The van der Waals surface area contributed by atoms with Gasteiger partial charge in [-0.05, 0) is 24.6 Å². The highest BCUT2D eigenvalue weighted by Crippen LogP contribution is 2.24. The zero-order valence-electron chi connectivity index (χ0n) is 18.3. The van der Waals surface area contributed by atoms with Crippen molar-refractivity contribution < 1.29 is 0 Å².